The van der Waals surface area contributed by atoms with Crippen molar-refractivity contribution in [3.8, 4) is 5.75 Å². The van der Waals surface area contributed by atoms with E-state index in [2.05, 4.69) is 5.10 Å². The maximum atomic E-state index is 10.4. The lowest BCUT2D eigenvalue weighted by atomic mass is 10.2. The van der Waals surface area contributed by atoms with Crippen LogP contribution in [0.4, 0.5) is 0 Å². The predicted octanol–water partition coefficient (Wildman–Crippen LogP) is 2.36. The van der Waals surface area contributed by atoms with Gasteiger partial charge in [0.2, 0.25) is 0 Å². The summed E-state index contributed by atoms with van der Waals surface area (Å²) in [6, 6.07) is 3.94. The summed E-state index contributed by atoms with van der Waals surface area (Å²) in [6.45, 7) is 4.72. The quantitative estimate of drug-likeness (QED) is 0.908. The van der Waals surface area contributed by atoms with Crippen LogP contribution in [0.2, 0.25) is 0 Å². The molecular weight excluding hydrogens is 236 g/mol. The minimum Gasteiger partial charge on any atom is -0.493 e. The third kappa shape index (κ3) is 2.21. The Bertz CT molecular complexity index is 483. The van der Waals surface area contributed by atoms with E-state index >= 15 is 0 Å². The topological polar surface area (TPSA) is 47.3 Å². The summed E-state index contributed by atoms with van der Waals surface area (Å²) in [4.78, 5) is 2.09. The predicted molar refractivity (Wildman–Crippen MR) is 67.6 cm³/mol. The lowest BCUT2D eigenvalue weighted by Gasteiger charge is -2.12. The second-order valence-corrected chi connectivity index (χ2v) is 5.08. The van der Waals surface area contributed by atoms with Gasteiger partial charge in [0.1, 0.15) is 11.8 Å². The molecule has 0 saturated heterocycles. The molecule has 0 fully saturated rings. The number of aromatic nitrogens is 2. The van der Waals surface area contributed by atoms with Gasteiger partial charge in [-0.3, -0.25) is 4.68 Å². The van der Waals surface area contributed by atoms with Crippen LogP contribution < -0.4 is 4.74 Å². The molecule has 0 radical (unpaired) electrons. The molecule has 2 heterocycles. The number of thiophene rings is 1. The number of nitrogens with zero attached hydrogens (tertiary/aromatic N) is 2. The third-order valence-electron chi connectivity index (χ3n) is 2.65. The zero-order valence-electron chi connectivity index (χ0n) is 10.2. The highest BCUT2D eigenvalue weighted by Crippen LogP contribution is 2.33. The molecule has 0 saturated carbocycles. The van der Waals surface area contributed by atoms with Crippen molar-refractivity contribution in [3.63, 3.8) is 0 Å². The van der Waals surface area contributed by atoms with Crippen LogP contribution in [0.15, 0.2) is 18.3 Å². The van der Waals surface area contributed by atoms with E-state index in [4.69, 9.17) is 4.74 Å². The van der Waals surface area contributed by atoms with Gasteiger partial charge in [0.15, 0.2) is 5.75 Å². The fourth-order valence-electron chi connectivity index (χ4n) is 1.80. The molecule has 1 unspecified atom stereocenters. The van der Waals surface area contributed by atoms with Crippen LogP contribution in [-0.2, 0) is 6.54 Å². The molecule has 17 heavy (non-hydrogen) atoms. The lowest BCUT2D eigenvalue weighted by Crippen LogP contribution is -2.09. The van der Waals surface area contributed by atoms with Crippen molar-refractivity contribution in [1.82, 2.24) is 9.78 Å². The zero-order valence-corrected chi connectivity index (χ0v) is 11.0. The van der Waals surface area contributed by atoms with E-state index in [0.717, 1.165) is 10.6 Å². The molecule has 0 spiro atoms. The van der Waals surface area contributed by atoms with Gasteiger partial charge in [-0.1, -0.05) is 0 Å². The van der Waals surface area contributed by atoms with Crippen molar-refractivity contribution in [1.29, 1.82) is 0 Å². The smallest absolute Gasteiger partial charge is 0.163 e. The van der Waals surface area contributed by atoms with Crippen molar-refractivity contribution in [2.24, 2.45) is 0 Å². The van der Waals surface area contributed by atoms with Gasteiger partial charge in [-0.05, 0) is 26.0 Å². The van der Waals surface area contributed by atoms with Crippen molar-refractivity contribution >= 4 is 11.3 Å². The van der Waals surface area contributed by atoms with Crippen LogP contribution in [0, 0.1) is 6.92 Å². The molecule has 2 rings (SSSR count). The Morgan fingerprint density at radius 3 is 2.82 bits per heavy atom. The first-order valence-electron chi connectivity index (χ1n) is 5.51. The molecule has 0 aliphatic rings. The summed E-state index contributed by atoms with van der Waals surface area (Å²) in [5.74, 6) is 0.630. The van der Waals surface area contributed by atoms with Gasteiger partial charge >= 0.3 is 0 Å². The number of aryl methyl sites for hydroxylation is 2. The fraction of sp³-hybridized carbons (Fsp3) is 0.417. The maximum Gasteiger partial charge on any atom is 0.163 e. The summed E-state index contributed by atoms with van der Waals surface area (Å²) in [6.07, 6.45) is 0.966. The fourth-order valence-corrected chi connectivity index (χ4v) is 2.67. The summed E-state index contributed by atoms with van der Waals surface area (Å²) >= 11 is 1.59. The largest absolute Gasteiger partial charge is 0.493 e. The van der Waals surface area contributed by atoms with E-state index in [1.165, 1.54) is 4.88 Å². The van der Waals surface area contributed by atoms with E-state index in [9.17, 15) is 5.11 Å². The maximum absolute atomic E-state index is 10.4. The molecule has 5 heteroatoms. The first-order valence-corrected chi connectivity index (χ1v) is 6.33. The molecule has 1 N–H and O–H groups in total. The van der Waals surface area contributed by atoms with Gasteiger partial charge in [0, 0.05) is 16.3 Å². The molecule has 0 amide bonds. The first-order chi connectivity index (χ1) is 8.17. The first kappa shape index (κ1) is 12.1. The van der Waals surface area contributed by atoms with Crippen molar-refractivity contribution in [2.45, 2.75) is 26.5 Å². The summed E-state index contributed by atoms with van der Waals surface area (Å²) < 4.78 is 7.00. The molecule has 0 aromatic carbocycles. The molecule has 0 aliphatic carbocycles. The number of aliphatic hydroxyl groups excluding tert-OH is 1. The number of methoxy groups -OCH3 is 1. The SMILES string of the molecule is CCn1ncc(OC)c1C(O)c1ccc(C)s1. The Morgan fingerprint density at radius 2 is 2.29 bits per heavy atom. The Kier molecular flexibility index (Phi) is 3.49. The van der Waals surface area contributed by atoms with Crippen LogP contribution in [-0.4, -0.2) is 22.0 Å². The molecule has 92 valence electrons. The molecule has 0 bridgehead atoms. The van der Waals surface area contributed by atoms with Gasteiger partial charge in [-0.15, -0.1) is 11.3 Å². The minimum atomic E-state index is -0.675. The number of ether oxygens (including phenoxy) is 1. The highest BCUT2D eigenvalue weighted by Gasteiger charge is 2.22. The van der Waals surface area contributed by atoms with E-state index < -0.39 is 6.10 Å². The van der Waals surface area contributed by atoms with Crippen molar-refractivity contribution in [2.75, 3.05) is 7.11 Å². The molecule has 0 aliphatic heterocycles. The molecule has 1 atom stereocenters. The Balaban J connectivity index is 2.41. The van der Waals surface area contributed by atoms with Crippen LogP contribution in [0.25, 0.3) is 0 Å². The van der Waals surface area contributed by atoms with Gasteiger partial charge in [0.25, 0.3) is 0 Å². The van der Waals surface area contributed by atoms with Crippen LogP contribution in [0.3, 0.4) is 0 Å². The Morgan fingerprint density at radius 1 is 1.53 bits per heavy atom. The van der Waals surface area contributed by atoms with Crippen LogP contribution >= 0.6 is 11.3 Å². The third-order valence-corrected chi connectivity index (χ3v) is 3.71. The van der Waals surface area contributed by atoms with E-state index in [-0.39, 0.29) is 0 Å². The number of rotatable bonds is 4. The minimum absolute atomic E-state index is 0.630. The van der Waals surface area contributed by atoms with Crippen LogP contribution in [0.5, 0.6) is 5.75 Å². The molecular formula is C12H16N2O2S. The highest BCUT2D eigenvalue weighted by atomic mass is 32.1. The average Bonchev–Trinajstić information content (AvgIpc) is 2.93. The highest BCUT2D eigenvalue weighted by molar-refractivity contribution is 7.12. The van der Waals surface area contributed by atoms with Crippen LogP contribution in [0.1, 0.15) is 28.5 Å². The van der Waals surface area contributed by atoms with Crippen molar-refractivity contribution in [3.05, 3.63) is 33.8 Å². The van der Waals surface area contributed by atoms with Gasteiger partial charge in [0.05, 0.1) is 13.3 Å². The monoisotopic (exact) mass is 252 g/mol. The molecule has 2 aromatic heterocycles. The van der Waals surface area contributed by atoms with E-state index in [1.807, 2.05) is 26.0 Å². The average molecular weight is 252 g/mol. The summed E-state index contributed by atoms with van der Waals surface area (Å²) in [5, 5.41) is 14.6. The normalized spacial score (nSPS) is 12.7. The summed E-state index contributed by atoms with van der Waals surface area (Å²) in [7, 11) is 1.59. The Hall–Kier alpha value is -1.33. The van der Waals surface area contributed by atoms with Gasteiger partial charge in [-0.2, -0.15) is 5.10 Å². The number of hydrogen-bond acceptors (Lipinski definition) is 4. The summed E-state index contributed by atoms with van der Waals surface area (Å²) in [5.41, 5.74) is 0.719. The number of aliphatic hydroxyl groups is 1. The zero-order chi connectivity index (χ0) is 12.4. The Labute approximate surface area is 104 Å². The molecule has 2 aromatic rings. The molecule has 4 nitrogen and oxygen atoms in total. The number of hydrogen-bond donors (Lipinski definition) is 1. The second-order valence-electron chi connectivity index (χ2n) is 3.76. The van der Waals surface area contributed by atoms with Gasteiger partial charge < -0.3 is 9.84 Å². The van der Waals surface area contributed by atoms with Crippen molar-refractivity contribution < 1.29 is 9.84 Å². The standard InChI is InChI=1S/C12H16N2O2S/c1-4-14-11(9(16-3)7-13-14)12(15)10-6-5-8(2)17-10/h5-7,12,15H,4H2,1-3H3. The van der Waals surface area contributed by atoms with E-state index in [1.54, 1.807) is 29.3 Å². The lowest BCUT2D eigenvalue weighted by molar-refractivity contribution is 0.206. The second kappa shape index (κ2) is 4.89. The van der Waals surface area contributed by atoms with Gasteiger partial charge in [-0.25, -0.2) is 0 Å². The van der Waals surface area contributed by atoms with E-state index in [0.29, 0.717) is 12.3 Å².